The van der Waals surface area contributed by atoms with Crippen LogP contribution < -0.4 is 10.2 Å². The number of nitrogens with zero attached hydrogens (tertiary/aromatic N) is 2. The first-order valence-electron chi connectivity index (χ1n) is 5.81. The Bertz CT molecular complexity index is 625. The van der Waals surface area contributed by atoms with Crippen molar-refractivity contribution in [1.29, 1.82) is 0 Å². The van der Waals surface area contributed by atoms with E-state index in [1.165, 1.54) is 16.2 Å². The summed E-state index contributed by atoms with van der Waals surface area (Å²) >= 11 is 1.35. The average Bonchev–Trinajstić information content (AvgIpc) is 2.99. The van der Waals surface area contributed by atoms with E-state index in [1.54, 1.807) is 11.6 Å². The molecule has 0 bridgehead atoms. The minimum absolute atomic E-state index is 0.0232. The molecule has 19 heavy (non-hydrogen) atoms. The first-order chi connectivity index (χ1) is 9.24. The second-order valence-corrected chi connectivity index (χ2v) is 5.07. The highest BCUT2D eigenvalue weighted by Gasteiger charge is 2.28. The van der Waals surface area contributed by atoms with E-state index in [1.807, 2.05) is 24.3 Å². The van der Waals surface area contributed by atoms with Crippen molar-refractivity contribution in [3.63, 3.8) is 0 Å². The molecule has 6 heteroatoms. The monoisotopic (exact) mass is 273 g/mol. The molecule has 0 fully saturated rings. The summed E-state index contributed by atoms with van der Waals surface area (Å²) in [6.07, 6.45) is 1.98. The van der Waals surface area contributed by atoms with Crippen LogP contribution in [0.4, 0.5) is 10.8 Å². The van der Waals surface area contributed by atoms with E-state index >= 15 is 0 Å². The van der Waals surface area contributed by atoms with Crippen LogP contribution in [0.1, 0.15) is 5.56 Å². The Labute approximate surface area is 113 Å². The number of benzene rings is 1. The zero-order chi connectivity index (χ0) is 13.2. The summed E-state index contributed by atoms with van der Waals surface area (Å²) in [6, 6.07) is 7.53. The molecule has 2 heterocycles. The number of rotatable bonds is 3. The van der Waals surface area contributed by atoms with E-state index in [0.717, 1.165) is 11.3 Å². The quantitative estimate of drug-likeness (QED) is 0.925. The van der Waals surface area contributed by atoms with Gasteiger partial charge in [0.05, 0.1) is 6.42 Å². The second-order valence-electron chi connectivity index (χ2n) is 4.17. The zero-order valence-electron chi connectivity index (χ0n) is 10.00. The van der Waals surface area contributed by atoms with Gasteiger partial charge in [-0.3, -0.25) is 9.59 Å². The number of anilines is 2. The molecule has 96 valence electrons. The van der Waals surface area contributed by atoms with Gasteiger partial charge in [-0.2, -0.15) is 0 Å². The number of fused-ring (bicyclic) bond motifs is 1. The van der Waals surface area contributed by atoms with Crippen LogP contribution in [0.25, 0.3) is 0 Å². The third kappa shape index (κ3) is 2.34. The second kappa shape index (κ2) is 4.81. The molecule has 1 N–H and O–H groups in total. The number of aromatic nitrogens is 1. The summed E-state index contributed by atoms with van der Waals surface area (Å²) in [5.41, 5.74) is 1.79. The SMILES string of the molecule is O=C(CN1C(=O)Cc2ccccc21)Nc1nccs1. The van der Waals surface area contributed by atoms with Crippen molar-refractivity contribution in [2.75, 3.05) is 16.8 Å². The zero-order valence-corrected chi connectivity index (χ0v) is 10.8. The normalized spacial score (nSPS) is 13.5. The molecule has 0 saturated carbocycles. The van der Waals surface area contributed by atoms with E-state index in [2.05, 4.69) is 10.3 Å². The number of para-hydroxylation sites is 1. The molecule has 0 aliphatic carbocycles. The van der Waals surface area contributed by atoms with Crippen molar-refractivity contribution in [3.05, 3.63) is 41.4 Å². The van der Waals surface area contributed by atoms with Crippen LogP contribution in [0.15, 0.2) is 35.8 Å². The lowest BCUT2D eigenvalue weighted by atomic mass is 10.2. The number of hydrogen-bond donors (Lipinski definition) is 1. The summed E-state index contributed by atoms with van der Waals surface area (Å²) in [6.45, 7) is 0.0232. The third-order valence-electron chi connectivity index (χ3n) is 2.91. The summed E-state index contributed by atoms with van der Waals surface area (Å²) in [5, 5.41) is 5.00. The molecule has 1 aromatic heterocycles. The number of carbonyl (C=O) groups is 2. The summed E-state index contributed by atoms with van der Waals surface area (Å²) in [7, 11) is 0. The van der Waals surface area contributed by atoms with Gasteiger partial charge in [-0.05, 0) is 11.6 Å². The molecule has 0 saturated heterocycles. The van der Waals surface area contributed by atoms with Gasteiger partial charge in [-0.15, -0.1) is 11.3 Å². The van der Waals surface area contributed by atoms with Gasteiger partial charge >= 0.3 is 0 Å². The van der Waals surface area contributed by atoms with Crippen molar-refractivity contribution in [3.8, 4) is 0 Å². The number of nitrogens with one attached hydrogen (secondary N) is 1. The van der Waals surface area contributed by atoms with Crippen molar-refractivity contribution < 1.29 is 9.59 Å². The molecule has 0 unspecified atom stereocenters. The van der Waals surface area contributed by atoms with Gasteiger partial charge in [0.15, 0.2) is 5.13 Å². The van der Waals surface area contributed by atoms with E-state index in [-0.39, 0.29) is 18.4 Å². The molecule has 0 radical (unpaired) electrons. The number of amides is 2. The van der Waals surface area contributed by atoms with Crippen LogP contribution in [-0.4, -0.2) is 23.3 Å². The Morgan fingerprint density at radius 1 is 1.42 bits per heavy atom. The molecule has 2 amide bonds. The van der Waals surface area contributed by atoms with Gasteiger partial charge in [0.1, 0.15) is 6.54 Å². The number of carbonyl (C=O) groups excluding carboxylic acids is 2. The van der Waals surface area contributed by atoms with E-state index in [4.69, 9.17) is 0 Å². The fourth-order valence-corrected chi connectivity index (χ4v) is 2.62. The average molecular weight is 273 g/mol. The summed E-state index contributed by atoms with van der Waals surface area (Å²) < 4.78 is 0. The predicted molar refractivity (Wildman–Crippen MR) is 73.2 cm³/mol. The highest BCUT2D eigenvalue weighted by Crippen LogP contribution is 2.28. The predicted octanol–water partition coefficient (Wildman–Crippen LogP) is 1.67. The minimum atomic E-state index is -0.236. The molecule has 0 atom stereocenters. The van der Waals surface area contributed by atoms with Gasteiger partial charge in [0.2, 0.25) is 11.8 Å². The molecular weight excluding hydrogens is 262 g/mol. The molecule has 3 rings (SSSR count). The largest absolute Gasteiger partial charge is 0.302 e. The van der Waals surface area contributed by atoms with Gasteiger partial charge in [0, 0.05) is 17.3 Å². The highest BCUT2D eigenvalue weighted by molar-refractivity contribution is 7.13. The Balaban J connectivity index is 1.73. The Morgan fingerprint density at radius 3 is 3.05 bits per heavy atom. The minimum Gasteiger partial charge on any atom is -0.302 e. The molecule has 1 aromatic carbocycles. The highest BCUT2D eigenvalue weighted by atomic mass is 32.1. The summed E-state index contributed by atoms with van der Waals surface area (Å²) in [5.74, 6) is -0.282. The maximum absolute atomic E-state index is 11.9. The van der Waals surface area contributed by atoms with Crippen LogP contribution in [0.3, 0.4) is 0 Å². The van der Waals surface area contributed by atoms with Gasteiger partial charge in [0.25, 0.3) is 0 Å². The molecule has 1 aliphatic rings. The molecule has 0 spiro atoms. The Hall–Kier alpha value is -2.21. The Morgan fingerprint density at radius 2 is 2.26 bits per heavy atom. The van der Waals surface area contributed by atoms with Crippen LogP contribution in [-0.2, 0) is 16.0 Å². The first kappa shape index (κ1) is 11.9. The first-order valence-corrected chi connectivity index (χ1v) is 6.69. The van der Waals surface area contributed by atoms with E-state index in [9.17, 15) is 9.59 Å². The fourth-order valence-electron chi connectivity index (χ4n) is 2.08. The fraction of sp³-hybridized carbons (Fsp3) is 0.154. The van der Waals surface area contributed by atoms with Crippen molar-refractivity contribution in [2.24, 2.45) is 0 Å². The third-order valence-corrected chi connectivity index (χ3v) is 3.59. The lowest BCUT2D eigenvalue weighted by Gasteiger charge is -2.16. The molecule has 2 aromatic rings. The van der Waals surface area contributed by atoms with Crippen LogP contribution in [0.5, 0.6) is 0 Å². The standard InChI is InChI=1S/C13H11N3O2S/c17-11(15-13-14-5-6-19-13)8-16-10-4-2-1-3-9(10)7-12(16)18/h1-6H,7-8H2,(H,14,15,17). The van der Waals surface area contributed by atoms with Crippen LogP contribution in [0, 0.1) is 0 Å². The molecule has 1 aliphatic heterocycles. The van der Waals surface area contributed by atoms with Crippen molar-refractivity contribution in [1.82, 2.24) is 4.98 Å². The molecular formula is C13H11N3O2S. The smallest absolute Gasteiger partial charge is 0.246 e. The van der Waals surface area contributed by atoms with Gasteiger partial charge < -0.3 is 10.2 Å². The van der Waals surface area contributed by atoms with Gasteiger partial charge in [-0.25, -0.2) is 4.98 Å². The topological polar surface area (TPSA) is 62.3 Å². The van der Waals surface area contributed by atoms with Crippen molar-refractivity contribution >= 4 is 34.0 Å². The van der Waals surface area contributed by atoms with Gasteiger partial charge in [-0.1, -0.05) is 18.2 Å². The van der Waals surface area contributed by atoms with E-state index < -0.39 is 0 Å². The number of hydrogen-bond acceptors (Lipinski definition) is 4. The molecule has 5 nitrogen and oxygen atoms in total. The maximum Gasteiger partial charge on any atom is 0.246 e. The Kier molecular flexibility index (Phi) is 3.00. The van der Waals surface area contributed by atoms with Crippen LogP contribution in [0.2, 0.25) is 0 Å². The lowest BCUT2D eigenvalue weighted by Crippen LogP contribution is -2.35. The number of thiazole rings is 1. The summed E-state index contributed by atoms with van der Waals surface area (Å²) in [4.78, 5) is 29.3. The van der Waals surface area contributed by atoms with Crippen LogP contribution >= 0.6 is 11.3 Å². The van der Waals surface area contributed by atoms with E-state index in [0.29, 0.717) is 11.6 Å². The lowest BCUT2D eigenvalue weighted by molar-refractivity contribution is -0.120. The maximum atomic E-state index is 11.9. The van der Waals surface area contributed by atoms with Crippen molar-refractivity contribution in [2.45, 2.75) is 6.42 Å².